The minimum Gasteiger partial charge on any atom is -0.816 e. The SMILES string of the molecule is [O-]c1nn(-c2ccccc2-c2ccccc2)n[n+]1-c1ccccc1. The van der Waals surface area contributed by atoms with Gasteiger partial charge in [0.05, 0.1) is 10.3 Å². The van der Waals surface area contributed by atoms with Crippen molar-refractivity contribution >= 4 is 0 Å². The first-order chi connectivity index (χ1) is 11.8. The molecular formula is C19H14N4O. The third-order valence-electron chi connectivity index (χ3n) is 3.74. The van der Waals surface area contributed by atoms with Crippen LogP contribution in [-0.2, 0) is 0 Å². The normalized spacial score (nSPS) is 10.7. The fraction of sp³-hybridized carbons (Fsp3) is 0. The van der Waals surface area contributed by atoms with Crippen LogP contribution in [0.3, 0.4) is 0 Å². The van der Waals surface area contributed by atoms with E-state index in [0.29, 0.717) is 5.69 Å². The van der Waals surface area contributed by atoms with Crippen LogP contribution in [0, 0.1) is 0 Å². The van der Waals surface area contributed by atoms with Gasteiger partial charge in [0.1, 0.15) is 5.69 Å². The lowest BCUT2D eigenvalue weighted by Crippen LogP contribution is -2.36. The van der Waals surface area contributed by atoms with Crippen LogP contribution in [0.4, 0.5) is 0 Å². The molecule has 1 heterocycles. The first-order valence-corrected chi connectivity index (χ1v) is 7.60. The van der Waals surface area contributed by atoms with Crippen LogP contribution < -0.4 is 9.79 Å². The maximum absolute atomic E-state index is 12.2. The zero-order valence-corrected chi connectivity index (χ0v) is 12.8. The Kier molecular flexibility index (Phi) is 3.51. The molecule has 3 aromatic carbocycles. The molecule has 0 saturated carbocycles. The van der Waals surface area contributed by atoms with Gasteiger partial charge in [0.25, 0.3) is 6.01 Å². The predicted molar refractivity (Wildman–Crippen MR) is 87.8 cm³/mol. The molecule has 0 spiro atoms. The number of aromatic nitrogens is 4. The van der Waals surface area contributed by atoms with E-state index in [1.165, 1.54) is 9.48 Å². The number of benzene rings is 3. The number of hydrogen-bond donors (Lipinski definition) is 0. The van der Waals surface area contributed by atoms with E-state index in [2.05, 4.69) is 10.3 Å². The first-order valence-electron chi connectivity index (χ1n) is 7.60. The van der Waals surface area contributed by atoms with Crippen LogP contribution in [0.15, 0.2) is 84.9 Å². The Morgan fingerprint density at radius 3 is 2.12 bits per heavy atom. The quantitative estimate of drug-likeness (QED) is 0.545. The van der Waals surface area contributed by atoms with Crippen LogP contribution in [-0.4, -0.2) is 15.1 Å². The summed E-state index contributed by atoms with van der Waals surface area (Å²) < 4.78 is 1.29. The zero-order valence-electron chi connectivity index (χ0n) is 12.8. The van der Waals surface area contributed by atoms with Crippen LogP contribution in [0.25, 0.3) is 22.5 Å². The highest BCUT2D eigenvalue weighted by molar-refractivity contribution is 5.72. The van der Waals surface area contributed by atoms with E-state index in [9.17, 15) is 5.11 Å². The van der Waals surface area contributed by atoms with Gasteiger partial charge in [-0.2, -0.15) is 0 Å². The minimum absolute atomic E-state index is 0.413. The number of tetrazole rings is 1. The van der Waals surface area contributed by atoms with Crippen molar-refractivity contribution in [2.24, 2.45) is 0 Å². The Balaban J connectivity index is 1.84. The van der Waals surface area contributed by atoms with E-state index >= 15 is 0 Å². The Labute approximate surface area is 139 Å². The lowest BCUT2D eigenvalue weighted by molar-refractivity contribution is -0.704. The average molecular weight is 314 g/mol. The van der Waals surface area contributed by atoms with Gasteiger partial charge in [-0.25, -0.2) is 0 Å². The third-order valence-corrected chi connectivity index (χ3v) is 3.74. The standard InChI is InChI=1S/C19H14N4O/c24-19-20-23(21-22(19)16-11-5-2-6-12-16)18-14-8-7-13-17(18)15-9-3-1-4-10-15/h1-14H. The van der Waals surface area contributed by atoms with Gasteiger partial charge < -0.3 is 5.11 Å². The molecule has 5 heteroatoms. The number of para-hydroxylation sites is 2. The minimum atomic E-state index is -0.413. The topological polar surface area (TPSA) is 57.7 Å². The van der Waals surface area contributed by atoms with Crippen molar-refractivity contribution in [2.75, 3.05) is 0 Å². The van der Waals surface area contributed by atoms with Crippen molar-refractivity contribution in [1.82, 2.24) is 15.1 Å². The van der Waals surface area contributed by atoms with Crippen LogP contribution in [0.2, 0.25) is 0 Å². The second kappa shape index (κ2) is 5.96. The van der Waals surface area contributed by atoms with Crippen molar-refractivity contribution < 1.29 is 9.79 Å². The summed E-state index contributed by atoms with van der Waals surface area (Å²) in [7, 11) is 0. The summed E-state index contributed by atoms with van der Waals surface area (Å²) in [4.78, 5) is 1.39. The van der Waals surface area contributed by atoms with Gasteiger partial charge in [0.2, 0.25) is 0 Å². The van der Waals surface area contributed by atoms with Gasteiger partial charge in [0, 0.05) is 10.4 Å². The summed E-state index contributed by atoms with van der Waals surface area (Å²) in [5.41, 5.74) is 3.46. The Morgan fingerprint density at radius 1 is 0.750 bits per heavy atom. The molecule has 1 aromatic heterocycles. The van der Waals surface area contributed by atoms with Gasteiger partial charge in [-0.1, -0.05) is 66.7 Å². The zero-order chi connectivity index (χ0) is 16.4. The summed E-state index contributed by atoms with van der Waals surface area (Å²) in [6.45, 7) is 0. The van der Waals surface area contributed by atoms with Crippen molar-refractivity contribution in [3.63, 3.8) is 0 Å². The van der Waals surface area contributed by atoms with Gasteiger partial charge in [0.15, 0.2) is 5.69 Å². The van der Waals surface area contributed by atoms with Crippen molar-refractivity contribution in [2.45, 2.75) is 0 Å². The van der Waals surface area contributed by atoms with E-state index in [4.69, 9.17) is 0 Å². The van der Waals surface area contributed by atoms with Crippen molar-refractivity contribution in [3.8, 4) is 28.5 Å². The smallest absolute Gasteiger partial charge is 0.272 e. The third kappa shape index (κ3) is 2.52. The number of rotatable bonds is 3. The van der Waals surface area contributed by atoms with Gasteiger partial charge in [-0.05, 0) is 23.8 Å². The average Bonchev–Trinajstić information content (AvgIpc) is 3.05. The Hall–Kier alpha value is -3.47. The molecule has 5 nitrogen and oxygen atoms in total. The molecule has 0 amide bonds. The van der Waals surface area contributed by atoms with E-state index in [1.54, 1.807) is 0 Å². The molecular weight excluding hydrogens is 300 g/mol. The molecule has 4 rings (SSSR count). The van der Waals surface area contributed by atoms with Gasteiger partial charge in [-0.15, -0.1) is 4.68 Å². The lowest BCUT2D eigenvalue weighted by Gasteiger charge is -2.03. The highest BCUT2D eigenvalue weighted by atomic mass is 16.3. The monoisotopic (exact) mass is 314 g/mol. The van der Waals surface area contributed by atoms with E-state index in [0.717, 1.165) is 16.8 Å². The molecule has 116 valence electrons. The number of nitrogens with zero attached hydrogens (tertiary/aromatic N) is 4. The fourth-order valence-corrected chi connectivity index (χ4v) is 2.61. The Bertz CT molecular complexity index is 965. The highest BCUT2D eigenvalue weighted by Crippen LogP contribution is 2.25. The molecule has 0 radical (unpaired) electrons. The molecule has 24 heavy (non-hydrogen) atoms. The molecule has 0 aliphatic rings. The second-order valence-electron chi connectivity index (χ2n) is 5.29. The summed E-state index contributed by atoms with van der Waals surface area (Å²) >= 11 is 0. The van der Waals surface area contributed by atoms with Crippen LogP contribution >= 0.6 is 0 Å². The highest BCUT2D eigenvalue weighted by Gasteiger charge is 2.18. The van der Waals surface area contributed by atoms with Gasteiger partial charge in [-0.3, -0.25) is 0 Å². The molecule has 4 aromatic rings. The van der Waals surface area contributed by atoms with Crippen molar-refractivity contribution in [1.29, 1.82) is 0 Å². The molecule has 0 aliphatic carbocycles. The van der Waals surface area contributed by atoms with Crippen LogP contribution in [0.1, 0.15) is 0 Å². The van der Waals surface area contributed by atoms with Crippen LogP contribution in [0.5, 0.6) is 6.01 Å². The largest absolute Gasteiger partial charge is 0.816 e. The second-order valence-corrected chi connectivity index (χ2v) is 5.29. The number of hydrogen-bond acceptors (Lipinski definition) is 3. The summed E-state index contributed by atoms with van der Waals surface area (Å²) in [6.07, 6.45) is 0. The lowest BCUT2D eigenvalue weighted by atomic mass is 10.0. The maximum atomic E-state index is 12.2. The molecule has 0 unspecified atom stereocenters. The fourth-order valence-electron chi connectivity index (χ4n) is 2.61. The molecule has 0 aliphatic heterocycles. The molecule has 0 N–H and O–H groups in total. The summed E-state index contributed by atoms with van der Waals surface area (Å²) in [6, 6.07) is 26.6. The van der Waals surface area contributed by atoms with E-state index in [1.807, 2.05) is 84.9 Å². The van der Waals surface area contributed by atoms with E-state index in [-0.39, 0.29) is 0 Å². The summed E-state index contributed by atoms with van der Waals surface area (Å²) in [5.74, 6) is 0. The molecule has 0 saturated heterocycles. The summed E-state index contributed by atoms with van der Waals surface area (Å²) in [5, 5.41) is 20.6. The maximum Gasteiger partial charge on any atom is 0.272 e. The van der Waals surface area contributed by atoms with E-state index < -0.39 is 6.01 Å². The van der Waals surface area contributed by atoms with Crippen molar-refractivity contribution in [3.05, 3.63) is 84.9 Å². The molecule has 0 fully saturated rings. The first kappa shape index (κ1) is 14.1. The van der Waals surface area contributed by atoms with Gasteiger partial charge >= 0.3 is 0 Å². The Morgan fingerprint density at radius 2 is 1.38 bits per heavy atom. The molecule has 0 bridgehead atoms. The molecule has 0 atom stereocenters. The predicted octanol–water partition coefficient (Wildman–Crippen LogP) is 2.28.